The number of carbonyl (C=O) groups is 1. The minimum absolute atomic E-state index is 0.111. The van der Waals surface area contributed by atoms with Crippen LogP contribution in [0.4, 0.5) is 0 Å². The Balaban J connectivity index is 1.01. The summed E-state index contributed by atoms with van der Waals surface area (Å²) in [7, 11) is 0. The van der Waals surface area contributed by atoms with E-state index in [-0.39, 0.29) is 18.1 Å². The van der Waals surface area contributed by atoms with Crippen molar-refractivity contribution in [3.05, 3.63) is 58.9 Å². The second kappa shape index (κ2) is 9.67. The number of likely N-dealkylation sites (tertiary alicyclic amines) is 1. The van der Waals surface area contributed by atoms with Gasteiger partial charge in [-0.1, -0.05) is 18.2 Å². The molecule has 0 radical (unpaired) electrons. The number of aromatic nitrogens is 1. The molecule has 2 aliphatic heterocycles. The Labute approximate surface area is 202 Å². The molecule has 6 rings (SSSR count). The lowest BCUT2D eigenvalue weighted by Gasteiger charge is -2.29. The lowest BCUT2D eigenvalue weighted by atomic mass is 9.87. The molecule has 2 saturated heterocycles. The van der Waals surface area contributed by atoms with E-state index >= 15 is 0 Å². The number of piperidine rings is 1. The van der Waals surface area contributed by atoms with Gasteiger partial charge >= 0.3 is 0 Å². The smallest absolute Gasteiger partial charge is 0.270 e. The van der Waals surface area contributed by atoms with Gasteiger partial charge < -0.3 is 14.8 Å². The largest absolute Gasteiger partial charge is 0.489 e. The van der Waals surface area contributed by atoms with Crippen molar-refractivity contribution in [1.29, 1.82) is 0 Å². The predicted octanol–water partition coefficient (Wildman–Crippen LogP) is 3.91. The van der Waals surface area contributed by atoms with Crippen molar-refractivity contribution in [2.75, 3.05) is 19.8 Å². The van der Waals surface area contributed by atoms with Crippen molar-refractivity contribution in [2.24, 2.45) is 5.92 Å². The number of nitrogens with zero attached hydrogens (tertiary/aromatic N) is 2. The highest BCUT2D eigenvalue weighted by atomic mass is 16.5. The molecule has 3 fully saturated rings. The molecular formula is C28H35N3O3. The summed E-state index contributed by atoms with van der Waals surface area (Å²) in [4.78, 5) is 19.8. The molecule has 2 aromatic rings. The van der Waals surface area contributed by atoms with E-state index in [0.29, 0.717) is 18.1 Å². The molecular weight excluding hydrogens is 426 g/mol. The first kappa shape index (κ1) is 22.1. The molecule has 180 valence electrons. The van der Waals surface area contributed by atoms with Crippen LogP contribution in [-0.4, -0.2) is 53.7 Å². The Bertz CT molecular complexity index is 1020. The molecule has 6 nitrogen and oxygen atoms in total. The average Bonchev–Trinajstić information content (AvgIpc) is 3.62. The fraction of sp³-hybridized carbons (Fsp3) is 0.571. The van der Waals surface area contributed by atoms with Crippen LogP contribution in [0.25, 0.3) is 0 Å². The van der Waals surface area contributed by atoms with Crippen LogP contribution in [0.5, 0.6) is 5.75 Å². The van der Waals surface area contributed by atoms with Gasteiger partial charge in [-0.05, 0) is 86.1 Å². The van der Waals surface area contributed by atoms with E-state index in [2.05, 4.69) is 33.4 Å². The molecule has 2 unspecified atom stereocenters. The molecule has 1 aromatic heterocycles. The van der Waals surface area contributed by atoms with Crippen molar-refractivity contribution < 1.29 is 14.3 Å². The van der Waals surface area contributed by atoms with Gasteiger partial charge in [-0.25, -0.2) is 4.98 Å². The van der Waals surface area contributed by atoms with Crippen molar-refractivity contribution in [3.8, 4) is 5.75 Å². The molecule has 1 aromatic carbocycles. The molecule has 1 saturated carbocycles. The van der Waals surface area contributed by atoms with Crippen LogP contribution in [0.3, 0.4) is 0 Å². The number of nitrogens with one attached hydrogen (secondary N) is 1. The molecule has 6 heteroatoms. The fourth-order valence-corrected chi connectivity index (χ4v) is 6.31. The predicted molar refractivity (Wildman–Crippen MR) is 130 cm³/mol. The second-order valence-corrected chi connectivity index (χ2v) is 10.6. The van der Waals surface area contributed by atoms with E-state index in [1.54, 1.807) is 12.3 Å². The highest BCUT2D eigenvalue weighted by Gasteiger charge is 2.37. The van der Waals surface area contributed by atoms with E-state index in [4.69, 9.17) is 9.47 Å². The molecule has 1 N–H and O–H groups in total. The van der Waals surface area contributed by atoms with E-state index < -0.39 is 0 Å². The summed E-state index contributed by atoms with van der Waals surface area (Å²) in [6.45, 7) is 3.73. The maximum Gasteiger partial charge on any atom is 0.270 e. The summed E-state index contributed by atoms with van der Waals surface area (Å²) in [5.41, 5.74) is 4.71. The Morgan fingerprint density at radius 1 is 1.15 bits per heavy atom. The number of hydrogen-bond donors (Lipinski definition) is 1. The minimum atomic E-state index is -0.111. The highest BCUT2D eigenvalue weighted by molar-refractivity contribution is 5.92. The summed E-state index contributed by atoms with van der Waals surface area (Å²) in [6, 6.07) is 11.5. The number of amides is 1. The zero-order valence-electron chi connectivity index (χ0n) is 19.9. The lowest BCUT2D eigenvalue weighted by Crippen LogP contribution is -2.39. The van der Waals surface area contributed by atoms with Crippen LogP contribution in [0.15, 0.2) is 36.5 Å². The van der Waals surface area contributed by atoms with Crippen molar-refractivity contribution >= 4 is 5.91 Å². The minimum Gasteiger partial charge on any atom is -0.489 e. The normalized spacial score (nSPS) is 28.1. The zero-order valence-corrected chi connectivity index (χ0v) is 19.9. The summed E-state index contributed by atoms with van der Waals surface area (Å²) < 4.78 is 11.3. The van der Waals surface area contributed by atoms with Crippen LogP contribution < -0.4 is 10.1 Å². The molecule has 3 heterocycles. The van der Waals surface area contributed by atoms with Gasteiger partial charge in [0.25, 0.3) is 5.91 Å². The standard InChI is InChI=1S/C28H35N3O3/c32-28(27-10-9-25(15-29-27)34-18-26-2-1-11-33-26)30-23-7-6-21-12-19(3-5-22(21)14-23)16-31-17-20-4-8-24(31)13-20/h3,5,9-10,12,15,20,23-24,26H,1-2,4,6-8,11,13-14,16-18H2,(H,30,32)/t20?,23-,24?,26-/m0/s1. The highest BCUT2D eigenvalue weighted by Crippen LogP contribution is 2.38. The summed E-state index contributed by atoms with van der Waals surface area (Å²) in [6.07, 6.45) is 11.0. The summed E-state index contributed by atoms with van der Waals surface area (Å²) >= 11 is 0. The first-order valence-corrected chi connectivity index (χ1v) is 13.1. The third-order valence-corrected chi connectivity index (χ3v) is 8.17. The van der Waals surface area contributed by atoms with Gasteiger partial charge in [-0.2, -0.15) is 0 Å². The molecule has 4 aliphatic rings. The Morgan fingerprint density at radius 3 is 2.88 bits per heavy atom. The number of hydrogen-bond acceptors (Lipinski definition) is 5. The summed E-state index contributed by atoms with van der Waals surface area (Å²) in [5, 5.41) is 3.19. The van der Waals surface area contributed by atoms with Gasteiger partial charge in [0.2, 0.25) is 0 Å². The van der Waals surface area contributed by atoms with E-state index in [1.807, 2.05) is 6.07 Å². The average molecular weight is 462 g/mol. The van der Waals surface area contributed by atoms with Crippen LogP contribution in [0, 0.1) is 5.92 Å². The Kier molecular flexibility index (Phi) is 6.27. The molecule has 1 amide bonds. The molecule has 34 heavy (non-hydrogen) atoms. The Hall–Kier alpha value is -2.44. The van der Waals surface area contributed by atoms with Crippen LogP contribution >= 0.6 is 0 Å². The second-order valence-electron chi connectivity index (χ2n) is 10.6. The Morgan fingerprint density at radius 2 is 2.12 bits per heavy atom. The van der Waals surface area contributed by atoms with E-state index in [9.17, 15) is 4.79 Å². The van der Waals surface area contributed by atoms with Crippen molar-refractivity contribution in [3.63, 3.8) is 0 Å². The lowest BCUT2D eigenvalue weighted by molar-refractivity contribution is 0.0678. The third kappa shape index (κ3) is 4.84. The number of fused-ring (bicyclic) bond motifs is 3. The topological polar surface area (TPSA) is 63.7 Å². The number of ether oxygens (including phenoxy) is 2. The van der Waals surface area contributed by atoms with Gasteiger partial charge in [0, 0.05) is 31.8 Å². The van der Waals surface area contributed by atoms with Crippen molar-refractivity contribution in [2.45, 2.75) is 76.1 Å². The molecule has 4 atom stereocenters. The van der Waals surface area contributed by atoms with E-state index in [0.717, 1.165) is 57.2 Å². The number of pyridine rings is 1. The third-order valence-electron chi connectivity index (χ3n) is 8.17. The van der Waals surface area contributed by atoms with Crippen LogP contribution in [0.1, 0.15) is 65.7 Å². The SMILES string of the molecule is O=C(N[C@H]1CCc2cc(CN3CC4CCC3C4)ccc2C1)c1ccc(OC[C@@H]2CCCO2)cn1. The molecule has 2 bridgehead atoms. The molecule has 0 spiro atoms. The monoisotopic (exact) mass is 461 g/mol. The van der Waals surface area contributed by atoms with Crippen LogP contribution in [0.2, 0.25) is 0 Å². The van der Waals surface area contributed by atoms with Gasteiger partial charge in [0.15, 0.2) is 0 Å². The van der Waals surface area contributed by atoms with Crippen LogP contribution in [-0.2, 0) is 24.1 Å². The van der Waals surface area contributed by atoms with Gasteiger partial charge in [-0.15, -0.1) is 0 Å². The van der Waals surface area contributed by atoms with Gasteiger partial charge in [-0.3, -0.25) is 9.69 Å². The van der Waals surface area contributed by atoms with Crippen molar-refractivity contribution in [1.82, 2.24) is 15.2 Å². The number of benzene rings is 1. The quantitative estimate of drug-likeness (QED) is 0.677. The van der Waals surface area contributed by atoms with Gasteiger partial charge in [0.05, 0.1) is 12.3 Å². The number of aryl methyl sites for hydroxylation is 1. The van der Waals surface area contributed by atoms with Gasteiger partial charge in [0.1, 0.15) is 18.1 Å². The fourth-order valence-electron chi connectivity index (χ4n) is 6.31. The first-order valence-electron chi connectivity index (χ1n) is 13.1. The summed E-state index contributed by atoms with van der Waals surface area (Å²) in [5.74, 6) is 1.51. The molecule has 2 aliphatic carbocycles. The van der Waals surface area contributed by atoms with E-state index in [1.165, 1.54) is 42.5 Å². The first-order chi connectivity index (χ1) is 16.7. The zero-order chi connectivity index (χ0) is 22.9. The number of rotatable bonds is 7. The maximum absolute atomic E-state index is 12.8. The number of carbonyl (C=O) groups excluding carboxylic acids is 1. The maximum atomic E-state index is 12.8.